The lowest BCUT2D eigenvalue weighted by atomic mass is 10.3. The number of rotatable bonds is 3. The molecule has 0 aliphatic rings. The summed E-state index contributed by atoms with van der Waals surface area (Å²) < 4.78 is 5.16. The number of hydrogen-bond donors (Lipinski definition) is 0. The molecule has 0 spiro atoms. The van der Waals surface area contributed by atoms with E-state index in [2.05, 4.69) is 11.8 Å². The molecule has 0 amide bonds. The fourth-order valence-electron chi connectivity index (χ4n) is 0.914. The summed E-state index contributed by atoms with van der Waals surface area (Å²) in [6.45, 7) is 1.89. The van der Waals surface area contributed by atoms with Crippen molar-refractivity contribution in [2.45, 2.75) is 6.92 Å². The number of benzene rings is 1. The fraction of sp³-hybridized carbons (Fsp3) is 0.200. The normalized spacial score (nSPS) is 8.93. The van der Waals surface area contributed by atoms with Gasteiger partial charge in [-0.2, -0.15) is 0 Å². The van der Waals surface area contributed by atoms with Gasteiger partial charge >= 0.3 is 0 Å². The zero-order valence-electron chi connectivity index (χ0n) is 7.99. The minimum absolute atomic E-state index is 0.0916. The van der Waals surface area contributed by atoms with Crippen molar-refractivity contribution in [3.05, 3.63) is 33.3 Å². The number of hydrogen-bond acceptors (Lipinski definition) is 3. The SMILES string of the molecule is CC#CCOc1ccc(Cl)c([N+](=O)[O-])c1. The third kappa shape index (κ3) is 3.15. The van der Waals surface area contributed by atoms with Gasteiger partial charge in [-0.3, -0.25) is 10.1 Å². The summed E-state index contributed by atoms with van der Waals surface area (Å²) >= 11 is 5.63. The highest BCUT2D eigenvalue weighted by atomic mass is 35.5. The van der Waals surface area contributed by atoms with E-state index < -0.39 is 4.92 Å². The molecule has 0 saturated heterocycles. The van der Waals surface area contributed by atoms with Gasteiger partial charge in [0.15, 0.2) is 0 Å². The Morgan fingerprint density at radius 3 is 2.93 bits per heavy atom. The minimum Gasteiger partial charge on any atom is -0.481 e. The van der Waals surface area contributed by atoms with Crippen LogP contribution in [0.15, 0.2) is 18.2 Å². The van der Waals surface area contributed by atoms with E-state index in [0.717, 1.165) is 0 Å². The van der Waals surface area contributed by atoms with E-state index in [0.29, 0.717) is 5.75 Å². The van der Waals surface area contributed by atoms with E-state index in [9.17, 15) is 10.1 Å². The molecule has 1 aromatic carbocycles. The van der Waals surface area contributed by atoms with Crippen molar-refractivity contribution in [1.29, 1.82) is 0 Å². The molecule has 0 fully saturated rings. The van der Waals surface area contributed by atoms with Crippen molar-refractivity contribution in [1.82, 2.24) is 0 Å². The summed E-state index contributed by atoms with van der Waals surface area (Å²) in [6.07, 6.45) is 0. The Labute approximate surface area is 92.0 Å². The molecule has 0 aliphatic carbocycles. The highest BCUT2D eigenvalue weighted by Crippen LogP contribution is 2.28. The summed E-state index contributed by atoms with van der Waals surface area (Å²) in [7, 11) is 0. The average Bonchev–Trinajstić information content (AvgIpc) is 2.20. The van der Waals surface area contributed by atoms with E-state index in [1.54, 1.807) is 13.0 Å². The van der Waals surface area contributed by atoms with Crippen molar-refractivity contribution >= 4 is 17.3 Å². The Balaban J connectivity index is 2.86. The van der Waals surface area contributed by atoms with Crippen LogP contribution in [-0.2, 0) is 0 Å². The van der Waals surface area contributed by atoms with Crippen molar-refractivity contribution in [3.63, 3.8) is 0 Å². The van der Waals surface area contributed by atoms with Crippen LogP contribution < -0.4 is 4.74 Å². The summed E-state index contributed by atoms with van der Waals surface area (Å²) in [5.74, 6) is 5.72. The van der Waals surface area contributed by atoms with E-state index in [1.165, 1.54) is 12.1 Å². The molecule has 0 saturated carbocycles. The lowest BCUT2D eigenvalue weighted by Crippen LogP contribution is -1.95. The first-order chi connectivity index (χ1) is 7.15. The molecular weight excluding hydrogens is 218 g/mol. The number of ether oxygens (including phenoxy) is 1. The van der Waals surface area contributed by atoms with Crippen LogP contribution in [0.2, 0.25) is 5.02 Å². The highest BCUT2D eigenvalue weighted by Gasteiger charge is 2.12. The van der Waals surface area contributed by atoms with Gasteiger partial charge in [-0.15, -0.1) is 5.92 Å². The van der Waals surface area contributed by atoms with Gasteiger partial charge in [0.25, 0.3) is 5.69 Å². The maximum atomic E-state index is 10.5. The Morgan fingerprint density at radius 2 is 2.33 bits per heavy atom. The van der Waals surface area contributed by atoms with Crippen LogP contribution in [0, 0.1) is 22.0 Å². The van der Waals surface area contributed by atoms with E-state index in [4.69, 9.17) is 16.3 Å². The number of nitro benzene ring substituents is 1. The van der Waals surface area contributed by atoms with Crippen molar-refractivity contribution < 1.29 is 9.66 Å². The minimum atomic E-state index is -0.555. The third-order valence-corrected chi connectivity index (χ3v) is 1.92. The van der Waals surface area contributed by atoms with Crippen LogP contribution in [0.4, 0.5) is 5.69 Å². The summed E-state index contributed by atoms with van der Waals surface area (Å²) in [4.78, 5) is 9.99. The van der Waals surface area contributed by atoms with E-state index in [-0.39, 0.29) is 17.3 Å². The lowest BCUT2D eigenvalue weighted by Gasteiger charge is -2.02. The molecular formula is C10H8ClNO3. The van der Waals surface area contributed by atoms with Gasteiger partial charge in [0.2, 0.25) is 0 Å². The van der Waals surface area contributed by atoms with Gasteiger partial charge < -0.3 is 4.74 Å². The molecule has 0 aromatic heterocycles. The monoisotopic (exact) mass is 225 g/mol. The summed E-state index contributed by atoms with van der Waals surface area (Å²) in [6, 6.07) is 4.26. The summed E-state index contributed by atoms with van der Waals surface area (Å²) in [5.41, 5.74) is -0.168. The van der Waals surface area contributed by atoms with Crippen LogP contribution in [0.1, 0.15) is 6.92 Å². The number of nitrogens with zero attached hydrogens (tertiary/aromatic N) is 1. The van der Waals surface area contributed by atoms with Crippen LogP contribution in [0.25, 0.3) is 0 Å². The predicted molar refractivity (Wildman–Crippen MR) is 57.1 cm³/mol. The number of halogens is 1. The standard InChI is InChI=1S/C10H8ClNO3/c1-2-3-6-15-8-4-5-9(11)10(7-8)12(13)14/h4-5,7H,6H2,1H3. The fourth-order valence-corrected chi connectivity index (χ4v) is 1.10. The van der Waals surface area contributed by atoms with Crippen LogP contribution in [-0.4, -0.2) is 11.5 Å². The second-order valence-electron chi connectivity index (χ2n) is 2.59. The first-order valence-electron chi connectivity index (χ1n) is 4.11. The summed E-state index contributed by atoms with van der Waals surface area (Å²) in [5, 5.41) is 10.6. The van der Waals surface area contributed by atoms with Crippen molar-refractivity contribution in [2.24, 2.45) is 0 Å². The molecule has 1 rings (SSSR count). The predicted octanol–water partition coefficient (Wildman–Crippen LogP) is 2.65. The van der Waals surface area contributed by atoms with Crippen LogP contribution in [0.5, 0.6) is 5.75 Å². The van der Waals surface area contributed by atoms with Gasteiger partial charge in [-0.1, -0.05) is 17.5 Å². The molecule has 0 atom stereocenters. The molecule has 0 heterocycles. The number of nitro groups is 1. The molecule has 0 radical (unpaired) electrons. The smallest absolute Gasteiger partial charge is 0.291 e. The molecule has 0 N–H and O–H groups in total. The Bertz CT molecular complexity index is 434. The Kier molecular flexibility index (Phi) is 3.95. The molecule has 1 aromatic rings. The highest BCUT2D eigenvalue weighted by molar-refractivity contribution is 6.32. The van der Waals surface area contributed by atoms with Gasteiger partial charge in [-0.25, -0.2) is 0 Å². The zero-order chi connectivity index (χ0) is 11.3. The van der Waals surface area contributed by atoms with Gasteiger partial charge in [0.1, 0.15) is 17.4 Å². The molecule has 78 valence electrons. The molecule has 0 bridgehead atoms. The molecule has 0 aliphatic heterocycles. The maximum Gasteiger partial charge on any atom is 0.291 e. The molecule has 0 unspecified atom stereocenters. The molecule has 4 nitrogen and oxygen atoms in total. The van der Waals surface area contributed by atoms with Gasteiger partial charge in [-0.05, 0) is 19.1 Å². The molecule has 5 heteroatoms. The van der Waals surface area contributed by atoms with Crippen molar-refractivity contribution in [2.75, 3.05) is 6.61 Å². The Hall–Kier alpha value is -1.73. The second kappa shape index (κ2) is 5.23. The zero-order valence-corrected chi connectivity index (χ0v) is 8.75. The first-order valence-corrected chi connectivity index (χ1v) is 4.49. The maximum absolute atomic E-state index is 10.5. The van der Waals surface area contributed by atoms with Gasteiger partial charge in [0.05, 0.1) is 11.0 Å². The quantitative estimate of drug-likeness (QED) is 0.451. The van der Waals surface area contributed by atoms with Crippen molar-refractivity contribution in [3.8, 4) is 17.6 Å². The lowest BCUT2D eigenvalue weighted by molar-refractivity contribution is -0.384. The Morgan fingerprint density at radius 1 is 1.60 bits per heavy atom. The second-order valence-corrected chi connectivity index (χ2v) is 2.99. The molecule has 15 heavy (non-hydrogen) atoms. The van der Waals surface area contributed by atoms with E-state index >= 15 is 0 Å². The van der Waals surface area contributed by atoms with E-state index in [1.807, 2.05) is 0 Å². The topological polar surface area (TPSA) is 52.4 Å². The largest absolute Gasteiger partial charge is 0.481 e. The first kappa shape index (κ1) is 11.3. The van der Waals surface area contributed by atoms with Crippen LogP contribution in [0.3, 0.4) is 0 Å². The van der Waals surface area contributed by atoms with Gasteiger partial charge in [0, 0.05) is 0 Å². The van der Waals surface area contributed by atoms with Crippen LogP contribution >= 0.6 is 11.6 Å². The average molecular weight is 226 g/mol. The third-order valence-electron chi connectivity index (χ3n) is 1.60.